The molecule has 0 aliphatic heterocycles. The Morgan fingerprint density at radius 3 is 2.86 bits per heavy atom. The molecule has 0 bridgehead atoms. The quantitative estimate of drug-likeness (QED) is 0.787. The highest BCUT2D eigenvalue weighted by atomic mass is 35.5. The first-order valence-corrected chi connectivity index (χ1v) is 5.56. The summed E-state index contributed by atoms with van der Waals surface area (Å²) in [6.45, 7) is 0. The van der Waals surface area contributed by atoms with Crippen LogP contribution in [0.4, 0.5) is 5.82 Å². The van der Waals surface area contributed by atoms with Crippen molar-refractivity contribution in [3.05, 3.63) is 23.4 Å². The molecule has 1 heterocycles. The van der Waals surface area contributed by atoms with E-state index in [0.29, 0.717) is 0 Å². The van der Waals surface area contributed by atoms with Gasteiger partial charge in [0.05, 0.1) is 6.07 Å². The van der Waals surface area contributed by atoms with Crippen molar-refractivity contribution >= 4 is 27.4 Å². The third kappa shape index (κ3) is 3.20. The van der Waals surface area contributed by atoms with Crippen LogP contribution in [0.25, 0.3) is 0 Å². The lowest BCUT2D eigenvalue weighted by Crippen LogP contribution is -2.16. The van der Waals surface area contributed by atoms with Crippen molar-refractivity contribution < 1.29 is 8.42 Å². The molecule has 0 radical (unpaired) electrons. The number of sulfonamides is 1. The van der Waals surface area contributed by atoms with Crippen LogP contribution in [0.3, 0.4) is 0 Å². The van der Waals surface area contributed by atoms with Gasteiger partial charge in [0.1, 0.15) is 11.0 Å². The van der Waals surface area contributed by atoms with E-state index in [0.717, 1.165) is 0 Å². The van der Waals surface area contributed by atoms with E-state index in [9.17, 15) is 8.42 Å². The summed E-state index contributed by atoms with van der Waals surface area (Å²) in [6.07, 6.45) is 0. The van der Waals surface area contributed by atoms with E-state index in [4.69, 9.17) is 16.9 Å². The number of nitrogens with zero attached hydrogens (tertiary/aromatic N) is 2. The summed E-state index contributed by atoms with van der Waals surface area (Å²) in [6, 6.07) is 6.05. The molecule has 0 spiro atoms. The van der Waals surface area contributed by atoms with Crippen LogP contribution in [-0.4, -0.2) is 19.2 Å². The normalized spacial score (nSPS) is 10.6. The van der Waals surface area contributed by atoms with Crippen LogP contribution in [0.1, 0.15) is 0 Å². The predicted molar refractivity (Wildman–Crippen MR) is 52.3 cm³/mol. The second-order valence-corrected chi connectivity index (χ2v) is 4.47. The smallest absolute Gasteiger partial charge is 0.247 e. The van der Waals surface area contributed by atoms with Gasteiger partial charge in [-0.05, 0) is 12.1 Å². The number of nitriles is 1. The molecule has 1 aromatic heterocycles. The number of hydrogen-bond donors (Lipinski definition) is 1. The number of hydrogen-bond acceptors (Lipinski definition) is 4. The Labute approximate surface area is 86.4 Å². The molecule has 5 nitrogen and oxygen atoms in total. The van der Waals surface area contributed by atoms with Crippen LogP contribution >= 0.6 is 11.6 Å². The first kappa shape index (κ1) is 10.8. The lowest BCUT2D eigenvalue weighted by atomic mass is 10.5. The number of pyridine rings is 1. The number of aromatic nitrogens is 1. The van der Waals surface area contributed by atoms with Gasteiger partial charge in [-0.15, -0.1) is 0 Å². The van der Waals surface area contributed by atoms with Crippen molar-refractivity contribution in [2.24, 2.45) is 0 Å². The molecule has 0 amide bonds. The van der Waals surface area contributed by atoms with Gasteiger partial charge in [0, 0.05) is 0 Å². The van der Waals surface area contributed by atoms with Crippen LogP contribution in [-0.2, 0) is 10.0 Å². The Morgan fingerprint density at radius 2 is 2.29 bits per heavy atom. The van der Waals surface area contributed by atoms with Crippen LogP contribution in [0, 0.1) is 11.3 Å². The number of anilines is 1. The molecule has 1 aromatic rings. The van der Waals surface area contributed by atoms with Gasteiger partial charge >= 0.3 is 0 Å². The molecular formula is C7H6ClN3O2S. The van der Waals surface area contributed by atoms with Crippen molar-refractivity contribution in [3.8, 4) is 6.07 Å². The fourth-order valence-electron chi connectivity index (χ4n) is 0.745. The van der Waals surface area contributed by atoms with Gasteiger partial charge in [-0.1, -0.05) is 17.7 Å². The van der Waals surface area contributed by atoms with Crippen molar-refractivity contribution in [2.75, 3.05) is 10.5 Å². The first-order chi connectivity index (χ1) is 6.53. The van der Waals surface area contributed by atoms with Crippen molar-refractivity contribution in [3.63, 3.8) is 0 Å². The minimum absolute atomic E-state index is 0.104. The van der Waals surface area contributed by atoms with Gasteiger partial charge in [-0.3, -0.25) is 4.72 Å². The topological polar surface area (TPSA) is 82.8 Å². The number of rotatable bonds is 3. The average molecular weight is 232 g/mol. The summed E-state index contributed by atoms with van der Waals surface area (Å²) < 4.78 is 24.3. The SMILES string of the molecule is N#CCS(=O)(=O)Nc1cccc(Cl)n1. The fourth-order valence-corrected chi connectivity index (χ4v) is 1.58. The Morgan fingerprint density at radius 1 is 1.57 bits per heavy atom. The van der Waals surface area contributed by atoms with Crippen LogP contribution in [0.5, 0.6) is 0 Å². The molecule has 0 saturated heterocycles. The van der Waals surface area contributed by atoms with Crippen LogP contribution in [0.2, 0.25) is 5.15 Å². The first-order valence-electron chi connectivity index (χ1n) is 3.53. The maximum absolute atomic E-state index is 11.1. The van der Waals surface area contributed by atoms with E-state index in [1.165, 1.54) is 18.2 Å². The predicted octanol–water partition coefficient (Wildman–Crippen LogP) is 1.00. The number of halogens is 1. The van der Waals surface area contributed by atoms with Crippen molar-refractivity contribution in [1.82, 2.24) is 4.98 Å². The lowest BCUT2D eigenvalue weighted by Gasteiger charge is -2.03. The van der Waals surface area contributed by atoms with Gasteiger partial charge < -0.3 is 0 Å². The molecule has 0 aromatic carbocycles. The second kappa shape index (κ2) is 4.26. The molecule has 14 heavy (non-hydrogen) atoms. The molecule has 7 heteroatoms. The van der Waals surface area contributed by atoms with E-state index in [1.54, 1.807) is 6.07 Å². The Balaban J connectivity index is 2.85. The van der Waals surface area contributed by atoms with Crippen LogP contribution < -0.4 is 4.72 Å². The highest BCUT2D eigenvalue weighted by molar-refractivity contribution is 7.92. The van der Waals surface area contributed by atoms with Crippen LogP contribution in [0.15, 0.2) is 18.2 Å². The minimum Gasteiger partial charge on any atom is -0.266 e. The van der Waals surface area contributed by atoms with E-state index < -0.39 is 15.8 Å². The van der Waals surface area contributed by atoms with E-state index in [1.807, 2.05) is 0 Å². The zero-order chi connectivity index (χ0) is 10.6. The Bertz CT molecular complexity index is 466. The highest BCUT2D eigenvalue weighted by Gasteiger charge is 2.09. The summed E-state index contributed by atoms with van der Waals surface area (Å²) in [4.78, 5) is 3.71. The lowest BCUT2D eigenvalue weighted by molar-refractivity contribution is 0.604. The monoisotopic (exact) mass is 231 g/mol. The van der Waals surface area contributed by atoms with Gasteiger partial charge in [-0.25, -0.2) is 13.4 Å². The molecule has 1 rings (SSSR count). The average Bonchev–Trinajstić information content (AvgIpc) is 2.02. The van der Waals surface area contributed by atoms with E-state index in [2.05, 4.69) is 9.71 Å². The van der Waals surface area contributed by atoms with Gasteiger partial charge in [0.15, 0.2) is 5.75 Å². The molecule has 0 aliphatic rings. The molecule has 0 fully saturated rings. The summed E-state index contributed by atoms with van der Waals surface area (Å²) >= 11 is 5.54. The highest BCUT2D eigenvalue weighted by Crippen LogP contribution is 2.10. The molecule has 74 valence electrons. The third-order valence-electron chi connectivity index (χ3n) is 1.23. The third-order valence-corrected chi connectivity index (χ3v) is 2.47. The summed E-state index contributed by atoms with van der Waals surface area (Å²) in [5.74, 6) is -0.506. The molecule has 0 unspecified atom stereocenters. The molecule has 1 N–H and O–H groups in total. The van der Waals surface area contributed by atoms with E-state index in [-0.39, 0.29) is 11.0 Å². The summed E-state index contributed by atoms with van der Waals surface area (Å²) in [5, 5.41) is 8.40. The Hall–Kier alpha value is -1.32. The van der Waals surface area contributed by atoms with E-state index >= 15 is 0 Å². The standard InChI is InChI=1S/C7H6ClN3O2S/c8-6-2-1-3-7(10-6)11-14(12,13)5-4-9/h1-3H,5H2,(H,10,11). The molecule has 0 saturated carbocycles. The Kier molecular flexibility index (Phi) is 3.28. The van der Waals surface area contributed by atoms with Crippen molar-refractivity contribution in [2.45, 2.75) is 0 Å². The summed E-state index contributed by atoms with van der Waals surface area (Å²) in [5.41, 5.74) is 0. The van der Waals surface area contributed by atoms with Gasteiger partial charge in [-0.2, -0.15) is 5.26 Å². The molecule has 0 aliphatic carbocycles. The maximum atomic E-state index is 11.1. The zero-order valence-corrected chi connectivity index (χ0v) is 8.51. The largest absolute Gasteiger partial charge is 0.266 e. The minimum atomic E-state index is -3.63. The second-order valence-electron chi connectivity index (χ2n) is 2.36. The van der Waals surface area contributed by atoms with Gasteiger partial charge in [0.25, 0.3) is 0 Å². The fraction of sp³-hybridized carbons (Fsp3) is 0.143. The summed E-state index contributed by atoms with van der Waals surface area (Å²) in [7, 11) is -3.63. The molecular weight excluding hydrogens is 226 g/mol. The van der Waals surface area contributed by atoms with Gasteiger partial charge in [0.2, 0.25) is 10.0 Å². The molecule has 0 atom stereocenters. The van der Waals surface area contributed by atoms with Crippen molar-refractivity contribution in [1.29, 1.82) is 5.26 Å². The number of nitrogens with one attached hydrogen (secondary N) is 1. The zero-order valence-electron chi connectivity index (χ0n) is 6.94. The maximum Gasteiger partial charge on any atom is 0.247 e.